The number of alkyl halides is 1. The summed E-state index contributed by atoms with van der Waals surface area (Å²) in [5, 5.41) is 0. The summed E-state index contributed by atoms with van der Waals surface area (Å²) in [4.78, 5) is 12.9. The van der Waals surface area contributed by atoms with E-state index in [1.54, 1.807) is 6.92 Å². The maximum atomic E-state index is 12.3. The summed E-state index contributed by atoms with van der Waals surface area (Å²) in [7, 11) is 0. The highest BCUT2D eigenvalue weighted by molar-refractivity contribution is 5.73. The second-order valence-corrected chi connectivity index (χ2v) is 3.61. The molecule has 2 atom stereocenters. The molecule has 0 bridgehead atoms. The van der Waals surface area contributed by atoms with E-state index in [1.807, 2.05) is 11.8 Å². The standard InChI is InChI=1S/C9H16FNO/c1-7-5-9(6-10)3-4-11(7)8(2)12/h7,9H,3-6H2,1-2H3/t7-,9-/m1/s1. The van der Waals surface area contributed by atoms with Crippen molar-refractivity contribution in [2.24, 2.45) is 5.92 Å². The number of amides is 1. The molecule has 1 saturated heterocycles. The van der Waals surface area contributed by atoms with E-state index in [4.69, 9.17) is 0 Å². The largest absolute Gasteiger partial charge is 0.340 e. The average molecular weight is 173 g/mol. The first-order valence-electron chi connectivity index (χ1n) is 4.48. The van der Waals surface area contributed by atoms with Crippen molar-refractivity contribution in [2.75, 3.05) is 13.2 Å². The quantitative estimate of drug-likeness (QED) is 0.590. The van der Waals surface area contributed by atoms with Gasteiger partial charge in [0.15, 0.2) is 0 Å². The summed E-state index contributed by atoms with van der Waals surface area (Å²) >= 11 is 0. The van der Waals surface area contributed by atoms with E-state index in [0.717, 1.165) is 19.4 Å². The summed E-state index contributed by atoms with van der Waals surface area (Å²) in [6, 6.07) is 0.219. The molecule has 12 heavy (non-hydrogen) atoms. The molecule has 1 aliphatic rings. The van der Waals surface area contributed by atoms with Crippen LogP contribution in [0.2, 0.25) is 0 Å². The molecule has 0 unspecified atom stereocenters. The topological polar surface area (TPSA) is 20.3 Å². The summed E-state index contributed by atoms with van der Waals surface area (Å²) in [6.07, 6.45) is 1.64. The number of piperidine rings is 1. The smallest absolute Gasteiger partial charge is 0.219 e. The molecule has 0 aromatic carbocycles. The number of nitrogens with zero attached hydrogens (tertiary/aromatic N) is 1. The molecule has 1 rings (SSSR count). The highest BCUT2D eigenvalue weighted by Gasteiger charge is 2.26. The highest BCUT2D eigenvalue weighted by Crippen LogP contribution is 2.22. The van der Waals surface area contributed by atoms with Crippen LogP contribution in [0.5, 0.6) is 0 Å². The molecule has 0 radical (unpaired) electrons. The van der Waals surface area contributed by atoms with Crippen molar-refractivity contribution >= 4 is 5.91 Å². The van der Waals surface area contributed by atoms with Crippen molar-refractivity contribution in [2.45, 2.75) is 32.7 Å². The fourth-order valence-electron chi connectivity index (χ4n) is 1.88. The van der Waals surface area contributed by atoms with Gasteiger partial charge in [-0.25, -0.2) is 0 Å². The van der Waals surface area contributed by atoms with Gasteiger partial charge in [-0.15, -0.1) is 0 Å². The molecule has 0 aromatic heterocycles. The van der Waals surface area contributed by atoms with Crippen LogP contribution in [0.15, 0.2) is 0 Å². The Morgan fingerprint density at radius 1 is 1.67 bits per heavy atom. The molecule has 0 spiro atoms. The van der Waals surface area contributed by atoms with Crippen LogP contribution in [0.1, 0.15) is 26.7 Å². The van der Waals surface area contributed by atoms with Gasteiger partial charge in [-0.1, -0.05) is 0 Å². The Hall–Kier alpha value is -0.600. The number of carbonyl (C=O) groups excluding carboxylic acids is 1. The van der Waals surface area contributed by atoms with Crippen molar-refractivity contribution in [3.8, 4) is 0 Å². The summed E-state index contributed by atoms with van der Waals surface area (Å²) < 4.78 is 12.3. The van der Waals surface area contributed by atoms with E-state index in [9.17, 15) is 9.18 Å². The summed E-state index contributed by atoms with van der Waals surface area (Å²) in [6.45, 7) is 4.05. The normalized spacial score (nSPS) is 30.4. The van der Waals surface area contributed by atoms with Crippen LogP contribution in [-0.2, 0) is 4.79 Å². The van der Waals surface area contributed by atoms with Crippen LogP contribution < -0.4 is 0 Å². The van der Waals surface area contributed by atoms with Gasteiger partial charge >= 0.3 is 0 Å². The lowest BCUT2D eigenvalue weighted by molar-refractivity contribution is -0.132. The SMILES string of the molecule is CC(=O)N1CC[C@@H](CF)C[C@H]1C. The molecule has 0 aliphatic carbocycles. The fourth-order valence-corrected chi connectivity index (χ4v) is 1.88. The number of likely N-dealkylation sites (tertiary alicyclic amines) is 1. The summed E-state index contributed by atoms with van der Waals surface area (Å²) in [5.74, 6) is 0.287. The highest BCUT2D eigenvalue weighted by atomic mass is 19.1. The zero-order valence-electron chi connectivity index (χ0n) is 7.72. The predicted molar refractivity (Wildman–Crippen MR) is 45.5 cm³/mol. The average Bonchev–Trinajstić information content (AvgIpc) is 2.03. The van der Waals surface area contributed by atoms with Gasteiger partial charge in [0.2, 0.25) is 5.91 Å². The Kier molecular flexibility index (Phi) is 3.06. The zero-order valence-corrected chi connectivity index (χ0v) is 7.72. The van der Waals surface area contributed by atoms with Crippen LogP contribution in [0.3, 0.4) is 0 Å². The minimum Gasteiger partial charge on any atom is -0.340 e. The Morgan fingerprint density at radius 3 is 2.75 bits per heavy atom. The molecular weight excluding hydrogens is 157 g/mol. The van der Waals surface area contributed by atoms with Gasteiger partial charge in [-0.2, -0.15) is 0 Å². The van der Waals surface area contributed by atoms with E-state index in [-0.39, 0.29) is 24.5 Å². The van der Waals surface area contributed by atoms with Gasteiger partial charge in [0.05, 0.1) is 6.67 Å². The van der Waals surface area contributed by atoms with Gasteiger partial charge in [-0.3, -0.25) is 9.18 Å². The molecule has 1 heterocycles. The van der Waals surface area contributed by atoms with Gasteiger partial charge < -0.3 is 4.90 Å². The monoisotopic (exact) mass is 173 g/mol. The van der Waals surface area contributed by atoms with E-state index in [2.05, 4.69) is 0 Å². The third-order valence-corrected chi connectivity index (χ3v) is 2.61. The number of carbonyl (C=O) groups is 1. The number of halogens is 1. The molecule has 1 fully saturated rings. The lowest BCUT2D eigenvalue weighted by atomic mass is 9.93. The fraction of sp³-hybridized carbons (Fsp3) is 0.889. The van der Waals surface area contributed by atoms with Gasteiger partial charge in [0.1, 0.15) is 0 Å². The van der Waals surface area contributed by atoms with E-state index in [0.29, 0.717) is 0 Å². The van der Waals surface area contributed by atoms with Crippen LogP contribution in [0.4, 0.5) is 4.39 Å². The van der Waals surface area contributed by atoms with Crippen molar-refractivity contribution < 1.29 is 9.18 Å². The zero-order chi connectivity index (χ0) is 9.14. The maximum absolute atomic E-state index is 12.3. The second kappa shape index (κ2) is 3.87. The molecule has 1 amide bonds. The van der Waals surface area contributed by atoms with Crippen LogP contribution in [0.25, 0.3) is 0 Å². The van der Waals surface area contributed by atoms with Crippen molar-refractivity contribution in [1.29, 1.82) is 0 Å². The van der Waals surface area contributed by atoms with E-state index >= 15 is 0 Å². The Bertz CT molecular complexity index is 172. The number of hydrogen-bond donors (Lipinski definition) is 0. The third kappa shape index (κ3) is 1.96. The molecule has 70 valence electrons. The van der Waals surface area contributed by atoms with Crippen molar-refractivity contribution in [1.82, 2.24) is 4.90 Å². The van der Waals surface area contributed by atoms with Crippen molar-refractivity contribution in [3.05, 3.63) is 0 Å². The first-order valence-corrected chi connectivity index (χ1v) is 4.48. The Labute approximate surface area is 72.7 Å². The van der Waals surface area contributed by atoms with E-state index in [1.165, 1.54) is 0 Å². The summed E-state index contributed by atoms with van der Waals surface area (Å²) in [5.41, 5.74) is 0. The van der Waals surface area contributed by atoms with E-state index < -0.39 is 0 Å². The van der Waals surface area contributed by atoms with Crippen LogP contribution >= 0.6 is 0 Å². The van der Waals surface area contributed by atoms with Gasteiger partial charge in [0, 0.05) is 19.5 Å². The minimum absolute atomic E-state index is 0.111. The minimum atomic E-state index is -0.240. The Balaban J connectivity index is 2.47. The molecule has 3 heteroatoms. The molecule has 2 nitrogen and oxygen atoms in total. The predicted octanol–water partition coefficient (Wildman–Crippen LogP) is 1.60. The number of hydrogen-bond acceptors (Lipinski definition) is 1. The maximum Gasteiger partial charge on any atom is 0.219 e. The molecular formula is C9H16FNO. The molecule has 0 N–H and O–H groups in total. The number of rotatable bonds is 1. The van der Waals surface area contributed by atoms with Crippen LogP contribution in [0, 0.1) is 5.92 Å². The van der Waals surface area contributed by atoms with Crippen molar-refractivity contribution in [3.63, 3.8) is 0 Å². The van der Waals surface area contributed by atoms with Gasteiger partial charge in [-0.05, 0) is 25.7 Å². The lowest BCUT2D eigenvalue weighted by Crippen LogP contribution is -2.43. The first kappa shape index (κ1) is 9.49. The second-order valence-electron chi connectivity index (χ2n) is 3.61. The Morgan fingerprint density at radius 2 is 2.33 bits per heavy atom. The van der Waals surface area contributed by atoms with Gasteiger partial charge in [0.25, 0.3) is 0 Å². The first-order chi connectivity index (χ1) is 5.65. The van der Waals surface area contributed by atoms with Crippen LogP contribution in [-0.4, -0.2) is 30.1 Å². The lowest BCUT2D eigenvalue weighted by Gasteiger charge is -2.36. The molecule has 0 aromatic rings. The molecule has 1 aliphatic heterocycles. The third-order valence-electron chi connectivity index (χ3n) is 2.61. The molecule has 0 saturated carbocycles.